The first kappa shape index (κ1) is 16.2. The first-order valence-electron chi connectivity index (χ1n) is 7.91. The molecule has 0 saturated carbocycles. The van der Waals surface area contributed by atoms with Crippen LogP contribution in [0.3, 0.4) is 0 Å². The predicted octanol–water partition coefficient (Wildman–Crippen LogP) is 3.73. The summed E-state index contributed by atoms with van der Waals surface area (Å²) in [5, 5.41) is 0. The molecule has 0 N–H and O–H groups in total. The number of benzene rings is 2. The van der Waals surface area contributed by atoms with E-state index in [4.69, 9.17) is 9.47 Å². The van der Waals surface area contributed by atoms with Crippen LogP contribution in [0.4, 0.5) is 0 Å². The third-order valence-electron chi connectivity index (χ3n) is 4.84. The summed E-state index contributed by atoms with van der Waals surface area (Å²) < 4.78 is 11.5. The van der Waals surface area contributed by atoms with Crippen LogP contribution in [0.25, 0.3) is 0 Å². The second-order valence-corrected chi connectivity index (χ2v) is 6.23. The molecule has 0 unspecified atom stereocenters. The third-order valence-corrected chi connectivity index (χ3v) is 4.84. The maximum absolute atomic E-state index is 5.97. The molecule has 3 nitrogen and oxygen atoms in total. The zero-order valence-electron chi connectivity index (χ0n) is 13.3. The monoisotopic (exact) mass is 331 g/mol. The topological polar surface area (TPSA) is 21.7 Å². The van der Waals surface area contributed by atoms with Crippen LogP contribution in [0, 0.1) is 5.92 Å². The van der Waals surface area contributed by atoms with Crippen molar-refractivity contribution in [2.45, 2.75) is 12.5 Å². The largest absolute Gasteiger partial charge is 0.496 e. The average Bonchev–Trinajstić information content (AvgIpc) is 2.97. The Morgan fingerprint density at radius 2 is 1.91 bits per heavy atom. The number of likely N-dealkylation sites (tertiary alicyclic amines) is 1. The molecule has 0 bridgehead atoms. The Bertz CT molecular complexity index is 647. The van der Waals surface area contributed by atoms with Gasteiger partial charge in [0.15, 0.2) is 0 Å². The SMILES string of the molecule is COc1cccc2c1[C@H]1CN(Cc3ccccc3)C[C@@H]1CO2.Cl. The highest BCUT2D eigenvalue weighted by atomic mass is 35.5. The van der Waals surface area contributed by atoms with Gasteiger partial charge in [0, 0.05) is 37.0 Å². The van der Waals surface area contributed by atoms with Crippen LogP contribution in [0.15, 0.2) is 48.5 Å². The zero-order valence-corrected chi connectivity index (χ0v) is 14.1. The van der Waals surface area contributed by atoms with Crippen LogP contribution in [-0.2, 0) is 6.54 Å². The van der Waals surface area contributed by atoms with Crippen LogP contribution in [0.5, 0.6) is 11.5 Å². The lowest BCUT2D eigenvalue weighted by Crippen LogP contribution is -2.25. The summed E-state index contributed by atoms with van der Waals surface area (Å²) in [5.41, 5.74) is 2.64. The summed E-state index contributed by atoms with van der Waals surface area (Å²) in [7, 11) is 1.75. The number of hydrogen-bond acceptors (Lipinski definition) is 3. The number of ether oxygens (including phenoxy) is 2. The minimum atomic E-state index is 0. The van der Waals surface area contributed by atoms with E-state index < -0.39 is 0 Å². The van der Waals surface area contributed by atoms with Crippen molar-refractivity contribution >= 4 is 12.4 Å². The Balaban J connectivity index is 0.00000156. The Morgan fingerprint density at radius 3 is 2.70 bits per heavy atom. The highest BCUT2D eigenvalue weighted by molar-refractivity contribution is 5.85. The molecule has 4 heteroatoms. The van der Waals surface area contributed by atoms with Gasteiger partial charge in [-0.15, -0.1) is 12.4 Å². The van der Waals surface area contributed by atoms with Gasteiger partial charge in [0.25, 0.3) is 0 Å². The maximum atomic E-state index is 5.97. The van der Waals surface area contributed by atoms with E-state index in [2.05, 4.69) is 41.3 Å². The second kappa shape index (κ2) is 6.81. The van der Waals surface area contributed by atoms with Crippen molar-refractivity contribution in [2.24, 2.45) is 5.92 Å². The Labute approximate surface area is 143 Å². The maximum Gasteiger partial charge on any atom is 0.126 e. The summed E-state index contributed by atoms with van der Waals surface area (Å²) in [4.78, 5) is 2.54. The number of fused-ring (bicyclic) bond motifs is 3. The van der Waals surface area contributed by atoms with Crippen molar-refractivity contribution in [3.05, 3.63) is 59.7 Å². The van der Waals surface area contributed by atoms with Gasteiger partial charge in [0.2, 0.25) is 0 Å². The van der Waals surface area contributed by atoms with Crippen LogP contribution in [0.1, 0.15) is 17.0 Å². The molecule has 2 atom stereocenters. The molecule has 0 spiro atoms. The fraction of sp³-hybridized carbons (Fsp3) is 0.368. The van der Waals surface area contributed by atoms with Gasteiger partial charge in [0.05, 0.1) is 13.7 Å². The van der Waals surface area contributed by atoms with Crippen molar-refractivity contribution in [2.75, 3.05) is 26.8 Å². The fourth-order valence-electron chi connectivity index (χ4n) is 3.82. The molecule has 23 heavy (non-hydrogen) atoms. The first-order valence-corrected chi connectivity index (χ1v) is 7.91. The van der Waals surface area contributed by atoms with Crippen LogP contribution >= 0.6 is 12.4 Å². The van der Waals surface area contributed by atoms with Crippen molar-refractivity contribution < 1.29 is 9.47 Å². The Morgan fingerprint density at radius 1 is 1.09 bits per heavy atom. The average molecular weight is 332 g/mol. The highest BCUT2D eigenvalue weighted by Crippen LogP contribution is 2.46. The molecule has 0 amide bonds. The standard InChI is InChI=1S/C19H21NO2.ClH/c1-21-17-8-5-9-18-19(17)16-12-20(11-15(16)13-22-18)10-14-6-3-2-4-7-14;/h2-9,15-16H,10-13H2,1H3;1H/t15-,16+;/m1./s1. The van der Waals surface area contributed by atoms with Crippen LogP contribution < -0.4 is 9.47 Å². The lowest BCUT2D eigenvalue weighted by molar-refractivity contribution is 0.208. The van der Waals surface area contributed by atoms with Gasteiger partial charge in [-0.25, -0.2) is 0 Å². The smallest absolute Gasteiger partial charge is 0.126 e. The van der Waals surface area contributed by atoms with Crippen molar-refractivity contribution in [3.8, 4) is 11.5 Å². The van der Waals surface area contributed by atoms with Gasteiger partial charge in [-0.1, -0.05) is 36.4 Å². The van der Waals surface area contributed by atoms with Gasteiger partial charge in [-0.3, -0.25) is 4.90 Å². The van der Waals surface area contributed by atoms with Gasteiger partial charge < -0.3 is 9.47 Å². The third kappa shape index (κ3) is 3.04. The van der Waals surface area contributed by atoms with Crippen molar-refractivity contribution in [1.29, 1.82) is 0 Å². The predicted molar refractivity (Wildman–Crippen MR) is 93.7 cm³/mol. The van der Waals surface area contributed by atoms with Crippen molar-refractivity contribution in [3.63, 3.8) is 0 Å². The molecule has 2 heterocycles. The first-order chi connectivity index (χ1) is 10.8. The lowest BCUT2D eigenvalue weighted by Gasteiger charge is -2.29. The summed E-state index contributed by atoms with van der Waals surface area (Å²) >= 11 is 0. The molecule has 2 aliphatic rings. The van der Waals surface area contributed by atoms with Crippen LogP contribution in [0.2, 0.25) is 0 Å². The van der Waals surface area contributed by atoms with E-state index in [-0.39, 0.29) is 12.4 Å². The van der Waals surface area contributed by atoms with E-state index in [1.54, 1.807) is 7.11 Å². The molecule has 2 aliphatic heterocycles. The molecule has 1 fully saturated rings. The lowest BCUT2D eigenvalue weighted by atomic mass is 9.86. The van der Waals surface area contributed by atoms with E-state index >= 15 is 0 Å². The molecule has 0 radical (unpaired) electrons. The molecular formula is C19H22ClNO2. The van der Waals surface area contributed by atoms with Gasteiger partial charge in [-0.2, -0.15) is 0 Å². The normalized spacial score (nSPS) is 22.5. The van der Waals surface area contributed by atoms with Gasteiger partial charge >= 0.3 is 0 Å². The van der Waals surface area contributed by atoms with E-state index in [1.165, 1.54) is 11.1 Å². The number of hydrogen-bond donors (Lipinski definition) is 0. The quantitative estimate of drug-likeness (QED) is 0.855. The minimum absolute atomic E-state index is 0. The molecule has 122 valence electrons. The molecule has 0 aliphatic carbocycles. The van der Waals surface area contributed by atoms with Gasteiger partial charge in [-0.05, 0) is 17.7 Å². The molecule has 4 rings (SSSR count). The summed E-state index contributed by atoms with van der Waals surface area (Å²) in [6.07, 6.45) is 0. The highest BCUT2D eigenvalue weighted by Gasteiger charge is 2.40. The number of rotatable bonds is 3. The van der Waals surface area contributed by atoms with Crippen molar-refractivity contribution in [1.82, 2.24) is 4.90 Å². The Hall–Kier alpha value is -1.71. The van der Waals surface area contributed by atoms with E-state index in [1.807, 2.05) is 12.1 Å². The number of methoxy groups -OCH3 is 1. The zero-order chi connectivity index (χ0) is 14.9. The summed E-state index contributed by atoms with van der Waals surface area (Å²) in [6.45, 7) is 4.00. The van der Waals surface area contributed by atoms with Crippen LogP contribution in [-0.4, -0.2) is 31.7 Å². The summed E-state index contributed by atoms with van der Waals surface area (Å²) in [5.74, 6) is 3.05. The van der Waals surface area contributed by atoms with E-state index in [0.717, 1.165) is 37.7 Å². The molecule has 2 aromatic carbocycles. The fourth-order valence-corrected chi connectivity index (χ4v) is 3.82. The molecule has 0 aromatic heterocycles. The second-order valence-electron chi connectivity index (χ2n) is 6.23. The minimum Gasteiger partial charge on any atom is -0.496 e. The van der Waals surface area contributed by atoms with E-state index in [9.17, 15) is 0 Å². The molecule has 2 aromatic rings. The Kier molecular flexibility index (Phi) is 4.79. The molecule has 1 saturated heterocycles. The van der Waals surface area contributed by atoms with E-state index in [0.29, 0.717) is 11.8 Å². The summed E-state index contributed by atoms with van der Waals surface area (Å²) in [6, 6.07) is 16.8. The molecular weight excluding hydrogens is 310 g/mol. The number of nitrogens with zero attached hydrogens (tertiary/aromatic N) is 1. The van der Waals surface area contributed by atoms with Gasteiger partial charge in [0.1, 0.15) is 11.5 Å². The number of halogens is 1.